The van der Waals surface area contributed by atoms with Crippen LogP contribution in [0.2, 0.25) is 0 Å². The number of hydrogen-bond acceptors (Lipinski definition) is 2. The van der Waals surface area contributed by atoms with Gasteiger partial charge >= 0.3 is 0 Å². The van der Waals surface area contributed by atoms with Crippen molar-refractivity contribution >= 4 is 5.91 Å². The predicted molar refractivity (Wildman–Crippen MR) is 114 cm³/mol. The van der Waals surface area contributed by atoms with Crippen molar-refractivity contribution < 1.29 is 9.53 Å². The van der Waals surface area contributed by atoms with E-state index in [0.29, 0.717) is 13.0 Å². The van der Waals surface area contributed by atoms with Crippen LogP contribution in [0.4, 0.5) is 0 Å². The molecule has 0 aliphatic rings. The number of rotatable bonds is 8. The maximum Gasteiger partial charge on any atom is 0.224 e. The van der Waals surface area contributed by atoms with E-state index in [-0.39, 0.29) is 11.8 Å². The summed E-state index contributed by atoms with van der Waals surface area (Å²) in [5, 5.41) is 3.08. The van der Waals surface area contributed by atoms with Gasteiger partial charge in [0.25, 0.3) is 0 Å². The molecule has 3 heteroatoms. The number of methoxy groups -OCH3 is 1. The molecule has 0 aliphatic carbocycles. The molecule has 1 N–H and O–H groups in total. The number of hydrogen-bond donors (Lipinski definition) is 1. The summed E-state index contributed by atoms with van der Waals surface area (Å²) in [6.07, 6.45) is 1.18. The first-order chi connectivity index (χ1) is 13.7. The maximum absolute atomic E-state index is 12.5. The molecule has 0 aromatic heterocycles. The van der Waals surface area contributed by atoms with Gasteiger partial charge in [-0.1, -0.05) is 78.4 Å². The smallest absolute Gasteiger partial charge is 0.224 e. The predicted octanol–water partition coefficient (Wildman–Crippen LogP) is 4.88. The minimum absolute atomic E-state index is 0.0174. The third-order valence-electron chi connectivity index (χ3n) is 4.95. The van der Waals surface area contributed by atoms with Gasteiger partial charge in [-0.05, 0) is 30.5 Å². The molecule has 0 saturated heterocycles. The van der Waals surface area contributed by atoms with Gasteiger partial charge in [0.1, 0.15) is 5.75 Å². The standard InChI is InChI=1S/C25H27NO2/c1-19-13-14-24(28-2)22(17-19)18-25(27)26-16-15-23(20-9-5-3-6-10-20)21-11-7-4-8-12-21/h3-14,17,23H,15-16,18H2,1-2H3,(H,26,27). The summed E-state index contributed by atoms with van der Waals surface area (Å²) in [5.74, 6) is 1.03. The fourth-order valence-corrected chi connectivity index (χ4v) is 3.53. The topological polar surface area (TPSA) is 38.3 Å². The normalized spacial score (nSPS) is 10.7. The number of nitrogens with one attached hydrogen (secondary N) is 1. The fraction of sp³-hybridized carbons (Fsp3) is 0.240. The number of benzene rings is 3. The first-order valence-corrected chi connectivity index (χ1v) is 9.67. The number of amides is 1. The Morgan fingerprint density at radius 1 is 0.929 bits per heavy atom. The van der Waals surface area contributed by atoms with E-state index >= 15 is 0 Å². The van der Waals surface area contributed by atoms with Gasteiger partial charge < -0.3 is 10.1 Å². The van der Waals surface area contributed by atoms with E-state index in [2.05, 4.69) is 53.8 Å². The Balaban J connectivity index is 1.63. The summed E-state index contributed by atoms with van der Waals surface area (Å²) in [6.45, 7) is 2.65. The van der Waals surface area contributed by atoms with E-state index in [1.165, 1.54) is 11.1 Å². The van der Waals surface area contributed by atoms with Crippen molar-refractivity contribution in [2.75, 3.05) is 13.7 Å². The zero-order valence-corrected chi connectivity index (χ0v) is 16.5. The van der Waals surface area contributed by atoms with Crippen LogP contribution in [0, 0.1) is 6.92 Å². The van der Waals surface area contributed by atoms with Gasteiger partial charge in [-0.3, -0.25) is 4.79 Å². The van der Waals surface area contributed by atoms with Crippen LogP contribution in [-0.2, 0) is 11.2 Å². The number of carbonyl (C=O) groups is 1. The molecular formula is C25H27NO2. The van der Waals surface area contributed by atoms with Gasteiger partial charge in [-0.25, -0.2) is 0 Å². The minimum Gasteiger partial charge on any atom is -0.496 e. The molecule has 0 heterocycles. The van der Waals surface area contributed by atoms with Crippen LogP contribution in [-0.4, -0.2) is 19.6 Å². The average Bonchev–Trinajstić information content (AvgIpc) is 2.73. The van der Waals surface area contributed by atoms with Gasteiger partial charge in [0, 0.05) is 18.0 Å². The molecular weight excluding hydrogens is 346 g/mol. The molecule has 0 fully saturated rings. The lowest BCUT2D eigenvalue weighted by Gasteiger charge is -2.18. The summed E-state index contributed by atoms with van der Waals surface area (Å²) in [7, 11) is 1.64. The number of ether oxygens (including phenoxy) is 1. The summed E-state index contributed by atoms with van der Waals surface area (Å²) in [6, 6.07) is 26.8. The van der Waals surface area contributed by atoms with Crippen molar-refractivity contribution in [3.63, 3.8) is 0 Å². The molecule has 3 aromatic carbocycles. The largest absolute Gasteiger partial charge is 0.496 e. The van der Waals surface area contributed by atoms with Crippen molar-refractivity contribution in [1.29, 1.82) is 0 Å². The van der Waals surface area contributed by atoms with Crippen LogP contribution < -0.4 is 10.1 Å². The second-order valence-electron chi connectivity index (χ2n) is 7.00. The molecule has 28 heavy (non-hydrogen) atoms. The Bertz CT molecular complexity index is 851. The number of aryl methyl sites for hydroxylation is 1. The molecule has 0 atom stereocenters. The third-order valence-corrected chi connectivity index (χ3v) is 4.95. The van der Waals surface area contributed by atoms with Crippen molar-refractivity contribution in [3.8, 4) is 5.75 Å². The van der Waals surface area contributed by atoms with E-state index in [4.69, 9.17) is 4.74 Å². The summed E-state index contributed by atoms with van der Waals surface area (Å²) < 4.78 is 5.38. The molecule has 0 radical (unpaired) electrons. The monoisotopic (exact) mass is 373 g/mol. The lowest BCUT2D eigenvalue weighted by molar-refractivity contribution is -0.120. The highest BCUT2D eigenvalue weighted by atomic mass is 16.5. The Kier molecular flexibility index (Phi) is 6.85. The van der Waals surface area contributed by atoms with E-state index in [1.54, 1.807) is 7.11 Å². The minimum atomic E-state index is 0.0174. The Labute approximate surface area is 167 Å². The molecule has 144 valence electrons. The van der Waals surface area contributed by atoms with Crippen molar-refractivity contribution in [3.05, 3.63) is 101 Å². The van der Waals surface area contributed by atoms with Crippen LogP contribution in [0.1, 0.15) is 34.6 Å². The molecule has 0 spiro atoms. The second kappa shape index (κ2) is 9.75. The maximum atomic E-state index is 12.5. The molecule has 3 aromatic rings. The highest BCUT2D eigenvalue weighted by Gasteiger charge is 2.15. The van der Waals surface area contributed by atoms with Crippen LogP contribution in [0.3, 0.4) is 0 Å². The van der Waals surface area contributed by atoms with Crippen molar-refractivity contribution in [2.45, 2.75) is 25.7 Å². The van der Waals surface area contributed by atoms with Crippen LogP contribution >= 0.6 is 0 Å². The summed E-state index contributed by atoms with van der Waals surface area (Å²) in [5.41, 5.74) is 4.58. The van der Waals surface area contributed by atoms with E-state index in [0.717, 1.165) is 23.3 Å². The Morgan fingerprint density at radius 3 is 2.11 bits per heavy atom. The molecule has 3 nitrogen and oxygen atoms in total. The fourth-order valence-electron chi connectivity index (χ4n) is 3.53. The molecule has 0 saturated carbocycles. The zero-order valence-electron chi connectivity index (χ0n) is 16.5. The quantitative estimate of drug-likeness (QED) is 0.611. The highest BCUT2D eigenvalue weighted by molar-refractivity contribution is 5.79. The van der Waals surface area contributed by atoms with Crippen molar-refractivity contribution in [1.82, 2.24) is 5.32 Å². The van der Waals surface area contributed by atoms with E-state index < -0.39 is 0 Å². The summed E-state index contributed by atoms with van der Waals surface area (Å²) in [4.78, 5) is 12.5. The lowest BCUT2D eigenvalue weighted by Crippen LogP contribution is -2.27. The average molecular weight is 373 g/mol. The third kappa shape index (κ3) is 5.23. The van der Waals surface area contributed by atoms with Crippen LogP contribution in [0.25, 0.3) is 0 Å². The first kappa shape index (κ1) is 19.7. The number of carbonyl (C=O) groups excluding carboxylic acids is 1. The van der Waals surface area contributed by atoms with Gasteiger partial charge in [-0.15, -0.1) is 0 Å². The highest BCUT2D eigenvalue weighted by Crippen LogP contribution is 2.27. The second-order valence-corrected chi connectivity index (χ2v) is 7.00. The van der Waals surface area contributed by atoms with Gasteiger partial charge in [0.15, 0.2) is 0 Å². The van der Waals surface area contributed by atoms with Gasteiger partial charge in [0.05, 0.1) is 13.5 Å². The van der Waals surface area contributed by atoms with E-state index in [1.807, 2.05) is 37.3 Å². The van der Waals surface area contributed by atoms with Crippen LogP contribution in [0.5, 0.6) is 5.75 Å². The SMILES string of the molecule is COc1ccc(C)cc1CC(=O)NCCC(c1ccccc1)c1ccccc1. The first-order valence-electron chi connectivity index (χ1n) is 9.67. The van der Waals surface area contributed by atoms with Gasteiger partial charge in [0.2, 0.25) is 5.91 Å². The van der Waals surface area contributed by atoms with Crippen molar-refractivity contribution in [2.24, 2.45) is 0 Å². The molecule has 1 amide bonds. The Hall–Kier alpha value is -3.07. The Morgan fingerprint density at radius 2 is 1.54 bits per heavy atom. The van der Waals surface area contributed by atoms with Gasteiger partial charge in [-0.2, -0.15) is 0 Å². The molecule has 0 unspecified atom stereocenters. The molecule has 0 bridgehead atoms. The zero-order chi connectivity index (χ0) is 19.8. The van der Waals surface area contributed by atoms with E-state index in [9.17, 15) is 4.79 Å². The van der Waals surface area contributed by atoms with Crippen LogP contribution in [0.15, 0.2) is 78.9 Å². The molecule has 3 rings (SSSR count). The lowest BCUT2D eigenvalue weighted by atomic mass is 9.88. The summed E-state index contributed by atoms with van der Waals surface area (Å²) >= 11 is 0. The molecule has 0 aliphatic heterocycles.